The van der Waals surface area contributed by atoms with Gasteiger partial charge in [-0.3, -0.25) is 9.98 Å². The van der Waals surface area contributed by atoms with Crippen LogP contribution in [0.1, 0.15) is 66.1 Å². The van der Waals surface area contributed by atoms with Gasteiger partial charge in [0.05, 0.1) is 34.7 Å². The molecule has 0 N–H and O–H groups in total. The van der Waals surface area contributed by atoms with Crippen LogP contribution in [0, 0.1) is 0 Å². The summed E-state index contributed by atoms with van der Waals surface area (Å²) in [7, 11) is 0. The SMILES string of the molecule is CCC1/C=C\C=C/C/N=C(/c2ccc(-c3ccc(C4=NC(C)(c5ccccc5)CC(c5ccccc5)=N4)cc3)cc2)c2c1c1ccccc1n2-c1ccccc1. The molecule has 2 aliphatic heterocycles. The molecule has 1 aromatic heterocycles. The zero-order valence-electron chi connectivity index (χ0n) is 31.9. The summed E-state index contributed by atoms with van der Waals surface area (Å²) in [6, 6.07) is 58.2. The summed E-state index contributed by atoms with van der Waals surface area (Å²) in [6.07, 6.45) is 10.5. The molecule has 4 heteroatoms. The molecule has 272 valence electrons. The fraction of sp³-hybridized carbons (Fsp3) is 0.135. The number of aliphatic imine (C=N–C) groups is 3. The van der Waals surface area contributed by atoms with Crippen molar-refractivity contribution in [2.45, 2.75) is 38.1 Å². The van der Waals surface area contributed by atoms with Crippen molar-refractivity contribution >= 4 is 28.2 Å². The first-order valence-corrected chi connectivity index (χ1v) is 19.7. The van der Waals surface area contributed by atoms with E-state index < -0.39 is 5.54 Å². The molecule has 6 aromatic carbocycles. The van der Waals surface area contributed by atoms with Gasteiger partial charge in [0.2, 0.25) is 0 Å². The highest BCUT2D eigenvalue weighted by atomic mass is 15.0. The van der Waals surface area contributed by atoms with Crippen molar-refractivity contribution in [2.24, 2.45) is 15.0 Å². The van der Waals surface area contributed by atoms with Crippen molar-refractivity contribution < 1.29 is 0 Å². The van der Waals surface area contributed by atoms with E-state index in [1.165, 1.54) is 22.0 Å². The van der Waals surface area contributed by atoms with Crippen LogP contribution in [0.4, 0.5) is 0 Å². The van der Waals surface area contributed by atoms with Crippen LogP contribution in [0.5, 0.6) is 0 Å². The lowest BCUT2D eigenvalue weighted by Gasteiger charge is -2.31. The van der Waals surface area contributed by atoms with Crippen molar-refractivity contribution in [3.8, 4) is 16.8 Å². The van der Waals surface area contributed by atoms with Gasteiger partial charge in [-0.05, 0) is 59.4 Å². The second-order valence-corrected chi connectivity index (χ2v) is 14.8. The van der Waals surface area contributed by atoms with E-state index >= 15 is 0 Å². The van der Waals surface area contributed by atoms with Crippen LogP contribution in [0.2, 0.25) is 0 Å². The summed E-state index contributed by atoms with van der Waals surface area (Å²) in [5, 5.41) is 1.27. The molecule has 0 saturated carbocycles. The van der Waals surface area contributed by atoms with Gasteiger partial charge in [0.15, 0.2) is 5.84 Å². The van der Waals surface area contributed by atoms with Crippen molar-refractivity contribution in [2.75, 3.05) is 6.54 Å². The average molecular weight is 725 g/mol. The van der Waals surface area contributed by atoms with Crippen LogP contribution in [0.15, 0.2) is 203 Å². The third-order valence-electron chi connectivity index (χ3n) is 11.2. The number of rotatable bonds is 7. The Hall–Kier alpha value is -6.65. The van der Waals surface area contributed by atoms with Gasteiger partial charge in [-0.25, -0.2) is 4.99 Å². The smallest absolute Gasteiger partial charge is 0.155 e. The molecule has 0 fully saturated rings. The minimum Gasteiger partial charge on any atom is -0.307 e. The fourth-order valence-electron chi connectivity index (χ4n) is 8.25. The van der Waals surface area contributed by atoms with Gasteiger partial charge in [0.25, 0.3) is 0 Å². The largest absolute Gasteiger partial charge is 0.307 e. The Labute approximate surface area is 329 Å². The molecule has 0 radical (unpaired) electrons. The molecule has 0 spiro atoms. The highest BCUT2D eigenvalue weighted by molar-refractivity contribution is 6.17. The average Bonchev–Trinajstić information content (AvgIpc) is 3.60. The van der Waals surface area contributed by atoms with E-state index in [0.29, 0.717) is 6.54 Å². The third kappa shape index (κ3) is 6.69. The van der Waals surface area contributed by atoms with Crippen molar-refractivity contribution in [1.29, 1.82) is 0 Å². The van der Waals surface area contributed by atoms with Crippen LogP contribution in [-0.2, 0) is 5.54 Å². The summed E-state index contributed by atoms with van der Waals surface area (Å²) >= 11 is 0. The Morgan fingerprint density at radius 2 is 1.23 bits per heavy atom. The lowest BCUT2D eigenvalue weighted by atomic mass is 9.84. The standard InChI is InChI=1S/C52H44N4/c1-3-37-18-10-7-17-35-53-49(50-48(37)45-25-15-16-26-47(45)56(50)44-23-13-6-14-24-44)41-31-27-38(28-32-41)39-29-33-42(34-30-39)51-54-46(40-19-8-4-9-20-40)36-52(2,55-51)43-21-11-5-12-22-43/h4-34,37H,3,35-36H2,1-2H3/b17-7-,18-10-,53-49-. The van der Waals surface area contributed by atoms with Crippen molar-refractivity contribution in [3.63, 3.8) is 0 Å². The number of para-hydroxylation sites is 2. The molecule has 0 amide bonds. The van der Waals surface area contributed by atoms with E-state index in [9.17, 15) is 0 Å². The molecule has 2 aliphatic rings. The highest BCUT2D eigenvalue weighted by Gasteiger charge is 2.33. The van der Waals surface area contributed by atoms with Gasteiger partial charge in [0.1, 0.15) is 0 Å². The number of allylic oxidation sites excluding steroid dienone is 3. The molecule has 4 nitrogen and oxygen atoms in total. The molecule has 7 aromatic rings. The lowest BCUT2D eigenvalue weighted by Crippen LogP contribution is -2.30. The van der Waals surface area contributed by atoms with E-state index in [2.05, 4.69) is 207 Å². The Kier molecular flexibility index (Phi) is 9.54. The topological polar surface area (TPSA) is 42.0 Å². The van der Waals surface area contributed by atoms with E-state index in [4.69, 9.17) is 15.0 Å². The van der Waals surface area contributed by atoms with E-state index in [1.54, 1.807) is 0 Å². The van der Waals surface area contributed by atoms with Gasteiger partial charge >= 0.3 is 0 Å². The molecule has 2 atom stereocenters. The van der Waals surface area contributed by atoms with Crippen LogP contribution < -0.4 is 0 Å². The van der Waals surface area contributed by atoms with Gasteiger partial charge in [0, 0.05) is 34.5 Å². The maximum Gasteiger partial charge on any atom is 0.155 e. The number of nitrogens with zero attached hydrogens (tertiary/aromatic N) is 4. The molecular formula is C52H44N4. The maximum absolute atomic E-state index is 5.32. The van der Waals surface area contributed by atoms with Crippen LogP contribution >= 0.6 is 0 Å². The predicted molar refractivity (Wildman–Crippen MR) is 235 cm³/mol. The van der Waals surface area contributed by atoms with Gasteiger partial charge in [-0.15, -0.1) is 0 Å². The van der Waals surface area contributed by atoms with Gasteiger partial charge < -0.3 is 4.57 Å². The molecule has 2 unspecified atom stereocenters. The third-order valence-corrected chi connectivity index (χ3v) is 11.2. The van der Waals surface area contributed by atoms with Gasteiger partial charge in [-0.2, -0.15) is 0 Å². The second kappa shape index (κ2) is 15.2. The van der Waals surface area contributed by atoms with Crippen LogP contribution in [0.3, 0.4) is 0 Å². The predicted octanol–water partition coefficient (Wildman–Crippen LogP) is 12.3. The molecule has 0 saturated heterocycles. The van der Waals surface area contributed by atoms with E-state index in [-0.39, 0.29) is 5.92 Å². The highest BCUT2D eigenvalue weighted by Crippen LogP contribution is 2.39. The summed E-state index contributed by atoms with van der Waals surface area (Å²) in [6.45, 7) is 5.09. The first-order valence-electron chi connectivity index (χ1n) is 19.7. The summed E-state index contributed by atoms with van der Waals surface area (Å²) in [5.74, 6) is 0.995. The number of hydrogen-bond acceptors (Lipinski definition) is 3. The normalized spacial score (nSPS) is 20.2. The number of hydrogen-bond donors (Lipinski definition) is 0. The minimum absolute atomic E-state index is 0.234. The number of benzene rings is 6. The second-order valence-electron chi connectivity index (χ2n) is 14.8. The summed E-state index contributed by atoms with van der Waals surface area (Å²) in [5.41, 5.74) is 13.1. The van der Waals surface area contributed by atoms with Crippen LogP contribution in [0.25, 0.3) is 27.7 Å². The Morgan fingerprint density at radius 3 is 1.93 bits per heavy atom. The molecule has 3 heterocycles. The Bertz CT molecular complexity index is 2640. The molecular weight excluding hydrogens is 681 g/mol. The first kappa shape index (κ1) is 35.1. The molecule has 9 rings (SSSR count). The zero-order valence-corrected chi connectivity index (χ0v) is 31.9. The van der Waals surface area contributed by atoms with Crippen molar-refractivity contribution in [1.82, 2.24) is 4.57 Å². The zero-order chi connectivity index (χ0) is 37.9. The minimum atomic E-state index is -0.425. The van der Waals surface area contributed by atoms with E-state index in [0.717, 1.165) is 69.3 Å². The molecule has 56 heavy (non-hydrogen) atoms. The first-order chi connectivity index (χ1) is 27.6. The van der Waals surface area contributed by atoms with Gasteiger partial charge in [-0.1, -0.05) is 177 Å². The lowest BCUT2D eigenvalue weighted by molar-refractivity contribution is 0.515. The number of amidine groups is 1. The van der Waals surface area contributed by atoms with Crippen LogP contribution in [-0.4, -0.2) is 28.4 Å². The van der Waals surface area contributed by atoms with E-state index in [1.807, 2.05) is 0 Å². The monoisotopic (exact) mass is 724 g/mol. The maximum atomic E-state index is 5.32. The summed E-state index contributed by atoms with van der Waals surface area (Å²) in [4.78, 5) is 15.8. The number of aromatic nitrogens is 1. The molecule has 0 bridgehead atoms. The fourth-order valence-corrected chi connectivity index (χ4v) is 8.25. The molecule has 0 aliphatic carbocycles. The Balaban J connectivity index is 1.10. The summed E-state index contributed by atoms with van der Waals surface area (Å²) < 4.78 is 2.42. The van der Waals surface area contributed by atoms with Crippen molar-refractivity contribution in [3.05, 3.63) is 222 Å². The Morgan fingerprint density at radius 1 is 0.625 bits per heavy atom. The number of fused-ring (bicyclic) bond motifs is 3. The quantitative estimate of drug-likeness (QED) is 0.157.